The smallest absolute Gasteiger partial charge is 0.271 e. The molecular weight excluding hydrogens is 434 g/mol. The fourth-order valence-corrected chi connectivity index (χ4v) is 5.24. The minimum Gasteiger partial charge on any atom is -0.354 e. The van der Waals surface area contributed by atoms with Crippen molar-refractivity contribution in [3.05, 3.63) is 57.8 Å². The maximum atomic E-state index is 12.7. The molecule has 7 nitrogen and oxygen atoms in total. The number of carbonyl (C=O) groups is 1. The number of sulfonamides is 1. The summed E-state index contributed by atoms with van der Waals surface area (Å²) < 4.78 is 33.6. The third-order valence-electron chi connectivity index (χ3n) is 5.11. The van der Waals surface area contributed by atoms with Gasteiger partial charge in [-0.15, -0.1) is 11.3 Å². The van der Waals surface area contributed by atoms with Gasteiger partial charge in [0.2, 0.25) is 5.91 Å². The van der Waals surface area contributed by atoms with E-state index in [9.17, 15) is 13.2 Å². The fraction of sp³-hybridized carbons (Fsp3) is 0.273. The normalized spacial score (nSPS) is 14.2. The van der Waals surface area contributed by atoms with Gasteiger partial charge >= 0.3 is 0 Å². The molecule has 1 aromatic carbocycles. The number of carbonyl (C=O) groups excluding carboxylic acids is 1. The monoisotopic (exact) mass is 457 g/mol. The van der Waals surface area contributed by atoms with E-state index in [1.165, 1.54) is 0 Å². The summed E-state index contributed by atoms with van der Waals surface area (Å²) in [6.07, 6.45) is 5.24. The van der Waals surface area contributed by atoms with E-state index in [-0.39, 0.29) is 16.0 Å². The molecule has 162 valence electrons. The van der Waals surface area contributed by atoms with Crippen LogP contribution in [0, 0.1) is 26.7 Å². The van der Waals surface area contributed by atoms with Crippen molar-refractivity contribution in [3.8, 4) is 0 Å². The van der Waals surface area contributed by atoms with E-state index in [0.29, 0.717) is 22.8 Å². The summed E-state index contributed by atoms with van der Waals surface area (Å²) in [7, 11) is -3.69. The van der Waals surface area contributed by atoms with Crippen LogP contribution in [0.3, 0.4) is 0 Å². The van der Waals surface area contributed by atoms with Gasteiger partial charge in [-0.2, -0.15) is 0 Å². The van der Waals surface area contributed by atoms with Crippen LogP contribution in [-0.4, -0.2) is 19.5 Å². The molecule has 2 N–H and O–H groups in total. The molecule has 4 rings (SSSR count). The number of thiophene rings is 1. The molecule has 0 unspecified atom stereocenters. The van der Waals surface area contributed by atoms with Crippen LogP contribution < -0.4 is 10.0 Å². The van der Waals surface area contributed by atoms with Crippen LogP contribution in [0.1, 0.15) is 40.3 Å². The van der Waals surface area contributed by atoms with E-state index < -0.39 is 10.0 Å². The summed E-state index contributed by atoms with van der Waals surface area (Å²) in [6, 6.07) is 8.73. The van der Waals surface area contributed by atoms with Gasteiger partial charge in [0, 0.05) is 16.5 Å². The SMILES string of the molecule is Cc1ccc(NS(=O)(=O)c2ccc(C=Cc3onc(C)c3NC(=O)C3CC3)s2)cc1C. The van der Waals surface area contributed by atoms with Crippen LogP contribution in [0.15, 0.2) is 39.1 Å². The molecule has 0 saturated heterocycles. The van der Waals surface area contributed by atoms with Gasteiger partial charge in [0.15, 0.2) is 5.76 Å². The zero-order valence-corrected chi connectivity index (χ0v) is 19.1. The Labute approximate surface area is 185 Å². The molecule has 31 heavy (non-hydrogen) atoms. The van der Waals surface area contributed by atoms with E-state index in [0.717, 1.165) is 40.2 Å². The Morgan fingerprint density at radius 2 is 1.90 bits per heavy atom. The summed E-state index contributed by atoms with van der Waals surface area (Å²) in [5.41, 5.74) is 3.79. The first-order valence-corrected chi connectivity index (χ1v) is 12.2. The highest BCUT2D eigenvalue weighted by Gasteiger charge is 2.30. The number of anilines is 2. The first-order chi connectivity index (χ1) is 14.7. The maximum Gasteiger partial charge on any atom is 0.271 e. The van der Waals surface area contributed by atoms with E-state index in [1.807, 2.05) is 26.0 Å². The molecule has 1 fully saturated rings. The number of amides is 1. The Morgan fingerprint density at radius 1 is 1.13 bits per heavy atom. The van der Waals surface area contributed by atoms with Crippen LogP contribution in [0.5, 0.6) is 0 Å². The summed E-state index contributed by atoms with van der Waals surface area (Å²) in [5, 5.41) is 6.80. The summed E-state index contributed by atoms with van der Waals surface area (Å²) in [4.78, 5) is 12.8. The second-order valence-corrected chi connectivity index (χ2v) is 10.7. The molecule has 1 aliphatic rings. The number of rotatable bonds is 7. The molecule has 0 spiro atoms. The average molecular weight is 458 g/mol. The highest BCUT2D eigenvalue weighted by Crippen LogP contribution is 2.32. The highest BCUT2D eigenvalue weighted by molar-refractivity contribution is 7.94. The van der Waals surface area contributed by atoms with Crippen LogP contribution in [0.25, 0.3) is 12.2 Å². The molecule has 0 atom stereocenters. The van der Waals surface area contributed by atoms with Crippen molar-refractivity contribution in [3.63, 3.8) is 0 Å². The van der Waals surface area contributed by atoms with Crippen LogP contribution in [0.4, 0.5) is 11.4 Å². The molecular formula is C22H23N3O4S2. The number of hydrogen-bond acceptors (Lipinski definition) is 6. The fourth-order valence-electron chi connectivity index (χ4n) is 2.96. The molecule has 3 aromatic rings. The molecule has 9 heteroatoms. The van der Waals surface area contributed by atoms with Crippen molar-refractivity contribution in [2.45, 2.75) is 37.8 Å². The Morgan fingerprint density at radius 3 is 2.61 bits per heavy atom. The Bertz CT molecular complexity index is 1270. The molecule has 0 radical (unpaired) electrons. The third-order valence-corrected chi connectivity index (χ3v) is 8.03. The van der Waals surface area contributed by atoms with Crippen molar-refractivity contribution in [2.75, 3.05) is 10.0 Å². The number of aryl methyl sites for hydroxylation is 3. The van der Waals surface area contributed by atoms with E-state index in [1.54, 1.807) is 37.3 Å². The van der Waals surface area contributed by atoms with Crippen LogP contribution in [0.2, 0.25) is 0 Å². The standard InChI is InChI=1S/C22H23N3O4S2/c1-13-4-7-17(12-14(13)2)25-31(27,28)20-11-9-18(30-20)8-10-19-21(15(3)24-29-19)23-22(26)16-5-6-16/h4,7-12,16,25H,5-6H2,1-3H3,(H,23,26). The minimum atomic E-state index is -3.69. The topological polar surface area (TPSA) is 101 Å². The van der Waals surface area contributed by atoms with Gasteiger partial charge in [-0.1, -0.05) is 11.2 Å². The number of aromatic nitrogens is 1. The Kier molecular flexibility index (Phi) is 5.72. The molecule has 1 saturated carbocycles. The highest BCUT2D eigenvalue weighted by atomic mass is 32.2. The zero-order chi connectivity index (χ0) is 22.2. The Balaban J connectivity index is 1.49. The van der Waals surface area contributed by atoms with Gasteiger partial charge in [-0.25, -0.2) is 8.42 Å². The van der Waals surface area contributed by atoms with E-state index in [4.69, 9.17) is 4.52 Å². The predicted octanol–water partition coefficient (Wildman–Crippen LogP) is 4.98. The molecule has 1 amide bonds. The first-order valence-electron chi connectivity index (χ1n) is 9.88. The number of nitrogens with one attached hydrogen (secondary N) is 2. The first kappa shape index (κ1) is 21.3. The molecule has 2 heterocycles. The molecule has 2 aromatic heterocycles. The summed E-state index contributed by atoms with van der Waals surface area (Å²) in [6.45, 7) is 5.68. The average Bonchev–Trinajstić information content (AvgIpc) is 3.36. The van der Waals surface area contributed by atoms with E-state index >= 15 is 0 Å². The zero-order valence-electron chi connectivity index (χ0n) is 17.4. The van der Waals surface area contributed by atoms with Gasteiger partial charge in [0.1, 0.15) is 15.6 Å². The number of nitrogens with zero attached hydrogens (tertiary/aromatic N) is 1. The van der Waals surface area contributed by atoms with Gasteiger partial charge < -0.3 is 9.84 Å². The minimum absolute atomic E-state index is 0.0251. The molecule has 1 aliphatic carbocycles. The van der Waals surface area contributed by atoms with Gasteiger partial charge in [-0.3, -0.25) is 9.52 Å². The van der Waals surface area contributed by atoms with E-state index in [2.05, 4.69) is 15.2 Å². The van der Waals surface area contributed by atoms with Gasteiger partial charge in [0.05, 0.1) is 0 Å². The molecule has 0 bridgehead atoms. The maximum absolute atomic E-state index is 12.7. The predicted molar refractivity (Wildman–Crippen MR) is 123 cm³/mol. The van der Waals surface area contributed by atoms with Crippen LogP contribution in [-0.2, 0) is 14.8 Å². The van der Waals surface area contributed by atoms with Gasteiger partial charge in [0.25, 0.3) is 10.0 Å². The lowest BCUT2D eigenvalue weighted by Gasteiger charge is -2.08. The van der Waals surface area contributed by atoms with Crippen molar-refractivity contribution in [2.24, 2.45) is 5.92 Å². The van der Waals surface area contributed by atoms with Crippen molar-refractivity contribution < 1.29 is 17.7 Å². The largest absolute Gasteiger partial charge is 0.354 e. The lowest BCUT2D eigenvalue weighted by molar-refractivity contribution is -0.117. The molecule has 0 aliphatic heterocycles. The van der Waals surface area contributed by atoms with Crippen molar-refractivity contribution in [1.82, 2.24) is 5.16 Å². The van der Waals surface area contributed by atoms with Crippen LogP contribution >= 0.6 is 11.3 Å². The van der Waals surface area contributed by atoms with Gasteiger partial charge in [-0.05, 0) is 81.2 Å². The number of hydrogen-bond donors (Lipinski definition) is 2. The third kappa shape index (κ3) is 4.88. The lowest BCUT2D eigenvalue weighted by atomic mass is 10.1. The second kappa shape index (κ2) is 8.32. The number of benzene rings is 1. The van der Waals surface area contributed by atoms with Crippen molar-refractivity contribution >= 4 is 50.8 Å². The quantitative estimate of drug-likeness (QED) is 0.521. The van der Waals surface area contributed by atoms with Crippen molar-refractivity contribution in [1.29, 1.82) is 0 Å². The lowest BCUT2D eigenvalue weighted by Crippen LogP contribution is -2.14. The summed E-state index contributed by atoms with van der Waals surface area (Å²) >= 11 is 1.14. The summed E-state index contributed by atoms with van der Waals surface area (Å²) in [5.74, 6) is 0.474. The second-order valence-electron chi connectivity index (χ2n) is 7.67. The Hall–Kier alpha value is -2.91.